The molecular weight excluding hydrogens is 382 g/mol. The Labute approximate surface area is 170 Å². The van der Waals surface area contributed by atoms with E-state index in [9.17, 15) is 0 Å². The van der Waals surface area contributed by atoms with Crippen molar-refractivity contribution in [3.8, 4) is 0 Å². The first-order chi connectivity index (χ1) is 13.0. The number of nitrogens with one attached hydrogen (secondary N) is 4. The Bertz CT molecular complexity index is 712. The molecule has 1 fully saturated rings. The molecule has 0 atom stereocenters. The molecule has 1 aliphatic rings. The van der Waals surface area contributed by atoms with E-state index < -0.39 is 0 Å². The summed E-state index contributed by atoms with van der Waals surface area (Å²) in [4.78, 5) is 2.30. The highest BCUT2D eigenvalue weighted by molar-refractivity contribution is 7.80. The van der Waals surface area contributed by atoms with E-state index in [-0.39, 0.29) is 0 Å². The molecule has 1 saturated heterocycles. The second-order valence-corrected chi connectivity index (χ2v) is 6.61. The van der Waals surface area contributed by atoms with Crippen LogP contribution in [0.4, 0.5) is 11.4 Å². The summed E-state index contributed by atoms with van der Waals surface area (Å²) in [6.45, 7) is 7.02. The van der Waals surface area contributed by atoms with Crippen molar-refractivity contribution in [2.75, 3.05) is 43.6 Å². The number of hydrogen-bond donors (Lipinski definition) is 4. The van der Waals surface area contributed by atoms with Crippen molar-refractivity contribution in [3.05, 3.63) is 24.3 Å². The molecular formula is C17H25N7OS2. The number of hydrazone groups is 2. The Morgan fingerprint density at radius 2 is 1.52 bits per heavy atom. The molecule has 1 aromatic carbocycles. The van der Waals surface area contributed by atoms with E-state index >= 15 is 0 Å². The van der Waals surface area contributed by atoms with Gasteiger partial charge in [-0.3, -0.25) is 10.9 Å². The van der Waals surface area contributed by atoms with Gasteiger partial charge in [0.1, 0.15) is 0 Å². The molecule has 146 valence electrons. The van der Waals surface area contributed by atoms with Crippen molar-refractivity contribution in [1.29, 1.82) is 0 Å². The lowest BCUT2D eigenvalue weighted by molar-refractivity contribution is 0.122. The minimum Gasteiger partial charge on any atom is -0.378 e. The van der Waals surface area contributed by atoms with Crippen LogP contribution in [0, 0.1) is 0 Å². The molecule has 2 rings (SSSR count). The smallest absolute Gasteiger partial charge is 0.191 e. The van der Waals surface area contributed by atoms with Crippen LogP contribution >= 0.6 is 24.4 Å². The third kappa shape index (κ3) is 7.08. The molecule has 0 aliphatic carbocycles. The summed E-state index contributed by atoms with van der Waals surface area (Å²) in [5.41, 5.74) is 8.98. The van der Waals surface area contributed by atoms with Gasteiger partial charge in [-0.25, -0.2) is 0 Å². The number of anilines is 2. The lowest BCUT2D eigenvalue weighted by atomic mass is 10.2. The summed E-state index contributed by atoms with van der Waals surface area (Å²) in [6.07, 6.45) is 0. The lowest BCUT2D eigenvalue weighted by Gasteiger charge is -2.28. The van der Waals surface area contributed by atoms with Gasteiger partial charge in [-0.05, 0) is 62.5 Å². The third-order valence-corrected chi connectivity index (χ3v) is 4.39. The fourth-order valence-corrected chi connectivity index (χ4v) is 2.43. The number of benzene rings is 1. The van der Waals surface area contributed by atoms with Crippen LogP contribution in [0.25, 0.3) is 0 Å². The molecule has 0 aromatic heterocycles. The zero-order chi connectivity index (χ0) is 19.6. The summed E-state index contributed by atoms with van der Waals surface area (Å²) in [7, 11) is 1.72. The Morgan fingerprint density at radius 1 is 0.963 bits per heavy atom. The molecule has 0 saturated carbocycles. The van der Waals surface area contributed by atoms with E-state index in [0.717, 1.165) is 32.0 Å². The fraction of sp³-hybridized carbons (Fsp3) is 0.412. The van der Waals surface area contributed by atoms with Crippen LogP contribution in [0.2, 0.25) is 0 Å². The number of thiocarbonyl (C=S) groups is 2. The van der Waals surface area contributed by atoms with Gasteiger partial charge in [-0.15, -0.1) is 0 Å². The van der Waals surface area contributed by atoms with Crippen molar-refractivity contribution in [2.24, 2.45) is 10.2 Å². The van der Waals surface area contributed by atoms with Crippen molar-refractivity contribution < 1.29 is 4.74 Å². The van der Waals surface area contributed by atoms with Crippen LogP contribution in [0.15, 0.2) is 34.5 Å². The maximum absolute atomic E-state index is 5.38. The van der Waals surface area contributed by atoms with E-state index in [2.05, 4.69) is 48.7 Å². The standard InChI is InChI=1S/C17H25N7OS2/c1-12(20-22-16(26)18-3)13(2)21-23-17(27)19-14-4-6-15(7-5-14)24-8-10-25-11-9-24/h4-7H,8-11H2,1-3H3,(H2,18,22,26)(H2,19,23,27). The Balaban J connectivity index is 1.84. The highest BCUT2D eigenvalue weighted by Crippen LogP contribution is 2.18. The van der Waals surface area contributed by atoms with Crippen molar-refractivity contribution >= 4 is 57.5 Å². The Kier molecular flexibility index (Phi) is 8.37. The summed E-state index contributed by atoms with van der Waals surface area (Å²) in [5, 5.41) is 15.1. The van der Waals surface area contributed by atoms with E-state index in [0.29, 0.717) is 21.6 Å². The first-order valence-corrected chi connectivity index (χ1v) is 9.37. The normalized spacial score (nSPS) is 15.1. The average molecular weight is 408 g/mol. The number of hydrogen-bond acceptors (Lipinski definition) is 6. The van der Waals surface area contributed by atoms with Gasteiger partial charge in [0.05, 0.1) is 24.6 Å². The minimum atomic E-state index is 0.403. The molecule has 0 spiro atoms. The van der Waals surface area contributed by atoms with Crippen LogP contribution in [-0.4, -0.2) is 55.0 Å². The maximum atomic E-state index is 5.38. The van der Waals surface area contributed by atoms with Gasteiger partial charge in [-0.1, -0.05) is 0 Å². The number of nitrogens with zero attached hydrogens (tertiary/aromatic N) is 3. The molecule has 0 radical (unpaired) electrons. The molecule has 0 unspecified atom stereocenters. The fourth-order valence-electron chi connectivity index (χ4n) is 2.22. The monoisotopic (exact) mass is 407 g/mol. The van der Waals surface area contributed by atoms with Crippen LogP contribution < -0.4 is 26.4 Å². The first-order valence-electron chi connectivity index (χ1n) is 8.56. The van der Waals surface area contributed by atoms with Gasteiger partial charge in [0, 0.05) is 31.5 Å². The summed E-state index contributed by atoms with van der Waals surface area (Å²) in [5.74, 6) is 0. The number of ether oxygens (including phenoxy) is 1. The summed E-state index contributed by atoms with van der Waals surface area (Å²) >= 11 is 10.2. The Morgan fingerprint density at radius 3 is 2.07 bits per heavy atom. The van der Waals surface area contributed by atoms with Gasteiger partial charge in [-0.2, -0.15) is 10.2 Å². The lowest BCUT2D eigenvalue weighted by Crippen LogP contribution is -2.36. The third-order valence-electron chi connectivity index (χ3n) is 3.90. The van der Waals surface area contributed by atoms with Crippen LogP contribution in [0.3, 0.4) is 0 Å². The molecule has 1 aromatic rings. The van der Waals surface area contributed by atoms with Gasteiger partial charge in [0.25, 0.3) is 0 Å². The van der Waals surface area contributed by atoms with Crippen molar-refractivity contribution in [3.63, 3.8) is 0 Å². The molecule has 1 heterocycles. The van der Waals surface area contributed by atoms with E-state index in [1.807, 2.05) is 26.0 Å². The largest absolute Gasteiger partial charge is 0.378 e. The van der Waals surface area contributed by atoms with Crippen molar-refractivity contribution in [2.45, 2.75) is 13.8 Å². The second-order valence-electron chi connectivity index (χ2n) is 5.80. The van der Waals surface area contributed by atoms with E-state index in [1.54, 1.807) is 7.05 Å². The number of rotatable bonds is 5. The number of morpholine rings is 1. The highest BCUT2D eigenvalue weighted by Gasteiger charge is 2.10. The van der Waals surface area contributed by atoms with Gasteiger partial charge < -0.3 is 20.3 Å². The average Bonchev–Trinajstić information content (AvgIpc) is 2.71. The molecule has 27 heavy (non-hydrogen) atoms. The predicted octanol–water partition coefficient (Wildman–Crippen LogP) is 1.66. The zero-order valence-electron chi connectivity index (χ0n) is 15.7. The van der Waals surface area contributed by atoms with Crippen LogP contribution in [-0.2, 0) is 4.74 Å². The quantitative estimate of drug-likeness (QED) is 0.333. The van der Waals surface area contributed by atoms with Crippen LogP contribution in [0.5, 0.6) is 0 Å². The van der Waals surface area contributed by atoms with E-state index in [4.69, 9.17) is 29.2 Å². The summed E-state index contributed by atoms with van der Waals surface area (Å²) < 4.78 is 5.38. The minimum absolute atomic E-state index is 0.403. The van der Waals surface area contributed by atoms with Crippen LogP contribution in [0.1, 0.15) is 13.8 Å². The first kappa shape index (κ1) is 21.0. The highest BCUT2D eigenvalue weighted by atomic mass is 32.1. The van der Waals surface area contributed by atoms with Gasteiger partial charge in [0.2, 0.25) is 0 Å². The molecule has 0 amide bonds. The second kappa shape index (κ2) is 10.8. The molecule has 0 bridgehead atoms. The molecule has 4 N–H and O–H groups in total. The van der Waals surface area contributed by atoms with Gasteiger partial charge >= 0.3 is 0 Å². The summed E-state index contributed by atoms with van der Waals surface area (Å²) in [6, 6.07) is 8.12. The Hall–Kier alpha value is -2.30. The predicted molar refractivity (Wildman–Crippen MR) is 120 cm³/mol. The zero-order valence-corrected chi connectivity index (χ0v) is 17.3. The van der Waals surface area contributed by atoms with Gasteiger partial charge in [0.15, 0.2) is 10.2 Å². The molecule has 10 heteroatoms. The van der Waals surface area contributed by atoms with Crippen molar-refractivity contribution in [1.82, 2.24) is 16.2 Å². The molecule has 8 nitrogen and oxygen atoms in total. The van der Waals surface area contributed by atoms with E-state index in [1.165, 1.54) is 5.69 Å². The SMILES string of the molecule is CNC(=S)NN=C(C)C(C)=NNC(=S)Nc1ccc(N2CCOCC2)cc1. The molecule has 1 aliphatic heterocycles. The topological polar surface area (TPSA) is 85.3 Å². The maximum Gasteiger partial charge on any atom is 0.191 e.